The van der Waals surface area contributed by atoms with Crippen LogP contribution in [0.4, 0.5) is 0 Å². The van der Waals surface area contributed by atoms with Crippen molar-refractivity contribution in [1.29, 1.82) is 0 Å². The van der Waals surface area contributed by atoms with E-state index in [1.54, 1.807) is 0 Å². The van der Waals surface area contributed by atoms with Crippen LogP contribution in [0.1, 0.15) is 31.8 Å². The first-order chi connectivity index (χ1) is 15.3. The molecule has 0 aliphatic heterocycles. The third-order valence-corrected chi connectivity index (χ3v) is 6.59. The molecule has 0 aromatic heterocycles. The summed E-state index contributed by atoms with van der Waals surface area (Å²) in [7, 11) is -9.88. The van der Waals surface area contributed by atoms with Crippen LogP contribution in [-0.4, -0.2) is 107 Å². The second kappa shape index (κ2) is 10.3. The van der Waals surface area contributed by atoms with Gasteiger partial charge in [-0.1, -0.05) is 24.3 Å². The molecule has 0 saturated carbocycles. The van der Waals surface area contributed by atoms with Crippen LogP contribution in [-0.2, 0) is 20.2 Å². The Morgan fingerprint density at radius 2 is 1.11 bits per heavy atom. The van der Waals surface area contributed by atoms with E-state index in [-0.39, 0.29) is 76.0 Å². The van der Waals surface area contributed by atoms with Crippen LogP contribution in [0.25, 0.3) is 0 Å². The molecule has 172 valence electrons. The molecule has 0 heterocycles. The van der Waals surface area contributed by atoms with Crippen molar-refractivity contribution in [3.05, 3.63) is 70.8 Å². The molecule has 1 aliphatic rings. The normalized spacial score (nSPS) is 12.6. The molecule has 0 atom stereocenters. The zero-order chi connectivity index (χ0) is 24.3. The minimum Gasteiger partial charge on any atom is -0.506 e. The smallest absolute Gasteiger partial charge is 0.302 e. The topological polar surface area (TPSA) is 193 Å². The van der Waals surface area contributed by atoms with Crippen LogP contribution >= 0.6 is 0 Å². The third kappa shape index (κ3) is 5.20. The zero-order valence-electron chi connectivity index (χ0n) is 18.1. The van der Waals surface area contributed by atoms with Gasteiger partial charge in [0.15, 0.2) is 33.7 Å². The van der Waals surface area contributed by atoms with E-state index < -0.39 is 70.0 Å². The first-order valence-electron chi connectivity index (χ1n) is 8.85. The summed E-state index contributed by atoms with van der Waals surface area (Å²) in [5, 5.41) is 21.3. The number of fused-ring (bicyclic) bond motifs is 2. The number of hydrogen-bond acceptors (Lipinski definition) is 9. The fourth-order valence-electron chi connectivity index (χ4n) is 3.40. The average molecular weight is 538 g/mol. The van der Waals surface area contributed by atoms with Gasteiger partial charge in [0.1, 0.15) is 5.75 Å². The molecule has 0 fully saturated rings. The minimum atomic E-state index is -5.32. The number of rotatable bonds is 4. The maximum atomic E-state index is 13.0. The van der Waals surface area contributed by atoms with Gasteiger partial charge in [-0.3, -0.25) is 18.7 Å². The number of phenols is 2. The van der Waals surface area contributed by atoms with Gasteiger partial charge in [0.05, 0.1) is 16.0 Å². The van der Waals surface area contributed by atoms with Gasteiger partial charge in [0, 0.05) is 70.2 Å². The number of benzene rings is 3. The molecular weight excluding hydrogens is 526 g/mol. The Bertz CT molecular complexity index is 1580. The van der Waals surface area contributed by atoms with E-state index in [1.165, 1.54) is 24.3 Å². The molecule has 4 rings (SSSR count). The summed E-state index contributed by atoms with van der Waals surface area (Å²) < 4.78 is 70.4. The van der Waals surface area contributed by atoms with E-state index in [2.05, 4.69) is 0 Å². The summed E-state index contributed by atoms with van der Waals surface area (Å²) in [6, 6.07) is 9.15. The van der Waals surface area contributed by atoms with Crippen molar-refractivity contribution >= 4 is 90.9 Å². The van der Waals surface area contributed by atoms with Crippen molar-refractivity contribution in [1.82, 2.24) is 0 Å². The Balaban J connectivity index is 0.00000216. The first-order valence-corrected chi connectivity index (χ1v) is 11.7. The molecule has 0 bridgehead atoms. The molecule has 2 radical (unpaired) electrons. The standard InChI is InChI=1S/C20H12O11S2.2Na/c21-15-11-3-1-2-4-12(11)16(22)14-13(15)17(23)19(20(18(14)24)33(28,29)30)31-9-5-7-10(8-6-9)32(25,26)27;;/h1-8,23-24H,(H,25,26,27)(H,28,29,30);;. The van der Waals surface area contributed by atoms with Crippen molar-refractivity contribution in [3.8, 4) is 23.0 Å². The number of ether oxygens (including phenoxy) is 1. The van der Waals surface area contributed by atoms with Crippen molar-refractivity contribution in [2.24, 2.45) is 0 Å². The van der Waals surface area contributed by atoms with Crippen LogP contribution in [0, 0.1) is 0 Å². The van der Waals surface area contributed by atoms with Crippen molar-refractivity contribution in [2.75, 3.05) is 0 Å². The fourth-order valence-corrected chi connectivity index (χ4v) is 4.60. The first kappa shape index (κ1) is 29.5. The second-order valence-electron chi connectivity index (χ2n) is 6.83. The predicted molar refractivity (Wildman–Crippen MR) is 121 cm³/mol. The molecule has 11 nitrogen and oxygen atoms in total. The van der Waals surface area contributed by atoms with Gasteiger partial charge in [0.2, 0.25) is 0 Å². The van der Waals surface area contributed by atoms with E-state index >= 15 is 0 Å². The summed E-state index contributed by atoms with van der Waals surface area (Å²) in [4.78, 5) is 23.9. The van der Waals surface area contributed by atoms with Gasteiger partial charge in [-0.25, -0.2) is 0 Å². The molecular formula is C20H12Na2O11S2. The Hall–Kier alpha value is -1.78. The molecule has 3 aromatic rings. The van der Waals surface area contributed by atoms with E-state index in [9.17, 15) is 41.2 Å². The molecule has 4 N–H and O–H groups in total. The Kier molecular flexibility index (Phi) is 8.67. The number of aromatic hydroxyl groups is 2. The Labute approximate surface area is 242 Å². The summed E-state index contributed by atoms with van der Waals surface area (Å²) in [5.74, 6) is -5.74. The van der Waals surface area contributed by atoms with E-state index in [0.717, 1.165) is 24.3 Å². The summed E-state index contributed by atoms with van der Waals surface area (Å²) in [6.07, 6.45) is 0. The number of carbonyl (C=O) groups is 2. The van der Waals surface area contributed by atoms with Crippen LogP contribution in [0.15, 0.2) is 58.3 Å². The van der Waals surface area contributed by atoms with Crippen molar-refractivity contribution < 1.29 is 50.5 Å². The number of carbonyl (C=O) groups excluding carboxylic acids is 2. The Morgan fingerprint density at radius 1 is 0.657 bits per heavy atom. The van der Waals surface area contributed by atoms with E-state index in [0.29, 0.717) is 0 Å². The summed E-state index contributed by atoms with van der Waals surface area (Å²) in [6.45, 7) is 0. The SMILES string of the molecule is O=C1c2ccccc2C(=O)c2c(O)c(S(=O)(=O)O)c(Oc3ccc(S(=O)(=O)O)cc3)c(O)c21.[Na].[Na]. The maximum absolute atomic E-state index is 13.0. The number of hydrogen-bond donors (Lipinski definition) is 4. The monoisotopic (exact) mass is 538 g/mol. The van der Waals surface area contributed by atoms with Crippen LogP contribution in [0.2, 0.25) is 0 Å². The van der Waals surface area contributed by atoms with Gasteiger partial charge in [-0.2, -0.15) is 16.8 Å². The largest absolute Gasteiger partial charge is 0.506 e. The summed E-state index contributed by atoms with van der Waals surface area (Å²) in [5.41, 5.74) is -1.85. The molecule has 0 amide bonds. The second-order valence-corrected chi connectivity index (χ2v) is 9.61. The molecule has 0 unspecified atom stereocenters. The van der Waals surface area contributed by atoms with Crippen LogP contribution in [0.5, 0.6) is 23.0 Å². The fraction of sp³-hybridized carbons (Fsp3) is 0. The van der Waals surface area contributed by atoms with Gasteiger partial charge < -0.3 is 14.9 Å². The molecule has 15 heteroatoms. The summed E-state index contributed by atoms with van der Waals surface area (Å²) >= 11 is 0. The molecule has 35 heavy (non-hydrogen) atoms. The zero-order valence-corrected chi connectivity index (χ0v) is 23.7. The molecule has 1 aliphatic carbocycles. The van der Waals surface area contributed by atoms with Gasteiger partial charge in [0.25, 0.3) is 10.1 Å². The van der Waals surface area contributed by atoms with E-state index in [4.69, 9.17) is 9.29 Å². The molecule has 0 spiro atoms. The van der Waals surface area contributed by atoms with Gasteiger partial charge >= 0.3 is 10.1 Å². The molecule has 3 aromatic carbocycles. The predicted octanol–water partition coefficient (Wildman–Crippen LogP) is 1.40. The number of phenolic OH excluding ortho intramolecular Hbond substituents is 2. The Morgan fingerprint density at radius 3 is 1.54 bits per heavy atom. The van der Waals surface area contributed by atoms with Crippen LogP contribution in [0.3, 0.4) is 0 Å². The minimum absolute atomic E-state index is 0. The van der Waals surface area contributed by atoms with Crippen molar-refractivity contribution in [2.45, 2.75) is 9.79 Å². The van der Waals surface area contributed by atoms with E-state index in [1.807, 2.05) is 0 Å². The van der Waals surface area contributed by atoms with Gasteiger partial charge in [-0.15, -0.1) is 0 Å². The number of ketones is 2. The maximum Gasteiger partial charge on any atom is 0.302 e. The molecule has 0 saturated heterocycles. The third-order valence-electron chi connectivity index (χ3n) is 4.83. The average Bonchev–Trinajstić information content (AvgIpc) is 2.73. The van der Waals surface area contributed by atoms with Crippen LogP contribution < -0.4 is 4.74 Å². The quantitative estimate of drug-likeness (QED) is 0.167. The van der Waals surface area contributed by atoms with Gasteiger partial charge in [-0.05, 0) is 24.3 Å². The van der Waals surface area contributed by atoms with Crippen molar-refractivity contribution in [3.63, 3.8) is 0 Å².